The Kier molecular flexibility index (Phi) is 4.84. The molecule has 2 heterocycles. The largest absolute Gasteiger partial charge is 0.382 e. The van der Waals surface area contributed by atoms with Crippen molar-refractivity contribution in [3.8, 4) is 0 Å². The van der Waals surface area contributed by atoms with Gasteiger partial charge in [-0.05, 0) is 24.9 Å². The number of nitrogens with zero attached hydrogens (tertiary/aromatic N) is 3. The highest BCUT2D eigenvalue weighted by Gasteiger charge is 2.25. The summed E-state index contributed by atoms with van der Waals surface area (Å²) in [7, 11) is -3.39. The van der Waals surface area contributed by atoms with Gasteiger partial charge in [0.25, 0.3) is 0 Å². The molecule has 21 heavy (non-hydrogen) atoms. The maximum absolute atomic E-state index is 12.3. The number of sulfone groups is 1. The van der Waals surface area contributed by atoms with Crippen molar-refractivity contribution in [2.45, 2.75) is 37.8 Å². The maximum atomic E-state index is 12.3. The molecule has 0 saturated heterocycles. The highest BCUT2D eigenvalue weighted by Crippen LogP contribution is 2.33. The Morgan fingerprint density at radius 3 is 2.90 bits per heavy atom. The Bertz CT molecular complexity index is 679. The fourth-order valence-corrected chi connectivity index (χ4v) is 4.76. The molecule has 0 amide bonds. The molecular weight excluding hydrogens is 310 g/mol. The van der Waals surface area contributed by atoms with Crippen molar-refractivity contribution in [3.63, 3.8) is 0 Å². The van der Waals surface area contributed by atoms with Crippen LogP contribution in [0.1, 0.15) is 20.3 Å². The predicted octanol–water partition coefficient (Wildman–Crippen LogP) is 1.61. The monoisotopic (exact) mass is 329 g/mol. The van der Waals surface area contributed by atoms with Crippen molar-refractivity contribution in [2.24, 2.45) is 0 Å². The van der Waals surface area contributed by atoms with Gasteiger partial charge in [-0.25, -0.2) is 13.4 Å². The molecule has 116 valence electrons. The molecule has 0 spiro atoms. The summed E-state index contributed by atoms with van der Waals surface area (Å²) in [5.41, 5.74) is 5.73. The second-order valence-corrected chi connectivity index (χ2v) is 7.67. The molecule has 7 nitrogen and oxygen atoms in total. The Labute approximate surface area is 128 Å². The third-order valence-corrected chi connectivity index (χ3v) is 5.78. The van der Waals surface area contributed by atoms with E-state index in [1.807, 2.05) is 24.6 Å². The van der Waals surface area contributed by atoms with Gasteiger partial charge in [0.15, 0.2) is 15.7 Å². The minimum atomic E-state index is -3.39. The van der Waals surface area contributed by atoms with Gasteiger partial charge in [-0.3, -0.25) is 0 Å². The predicted molar refractivity (Wildman–Crippen MR) is 84.2 cm³/mol. The lowest BCUT2D eigenvalue weighted by molar-refractivity contribution is 0.594. The van der Waals surface area contributed by atoms with Crippen LogP contribution in [-0.2, 0) is 16.4 Å². The SMILES string of the molecule is CCCS(=O)(=O)c1c(N)nsc1NC(C)Cn1ccnc1. The third kappa shape index (κ3) is 3.73. The number of imidazole rings is 1. The standard InChI is InChI=1S/C12H19N5O2S2/c1-3-6-21(18,19)10-11(13)16-20-12(10)15-9(2)7-17-5-4-14-8-17/h4-5,8-9,15H,3,6-7H2,1-2H3,(H2,13,16). The molecule has 0 bridgehead atoms. The molecule has 2 aromatic rings. The first-order valence-corrected chi connectivity index (χ1v) is 9.06. The maximum Gasteiger partial charge on any atom is 0.185 e. The van der Waals surface area contributed by atoms with Gasteiger partial charge in [0, 0.05) is 25.0 Å². The third-order valence-electron chi connectivity index (χ3n) is 2.88. The van der Waals surface area contributed by atoms with E-state index in [0.717, 1.165) is 11.5 Å². The first-order valence-electron chi connectivity index (χ1n) is 6.64. The van der Waals surface area contributed by atoms with Gasteiger partial charge in [-0.1, -0.05) is 6.92 Å². The summed E-state index contributed by atoms with van der Waals surface area (Å²) >= 11 is 1.08. The number of nitrogens with one attached hydrogen (secondary N) is 1. The van der Waals surface area contributed by atoms with E-state index in [1.165, 1.54) is 0 Å². The van der Waals surface area contributed by atoms with Gasteiger partial charge in [-0.2, -0.15) is 4.37 Å². The Hall–Kier alpha value is -1.61. The van der Waals surface area contributed by atoms with E-state index >= 15 is 0 Å². The molecule has 2 rings (SSSR count). The zero-order chi connectivity index (χ0) is 15.5. The van der Waals surface area contributed by atoms with Gasteiger partial charge in [0.1, 0.15) is 9.90 Å². The summed E-state index contributed by atoms with van der Waals surface area (Å²) < 4.78 is 30.4. The second kappa shape index (κ2) is 6.44. The van der Waals surface area contributed by atoms with Crippen LogP contribution in [0.5, 0.6) is 0 Å². The van der Waals surface area contributed by atoms with E-state index in [-0.39, 0.29) is 22.5 Å². The molecular formula is C12H19N5O2S2. The quantitative estimate of drug-likeness (QED) is 0.800. The van der Waals surface area contributed by atoms with Crippen LogP contribution >= 0.6 is 11.5 Å². The number of nitrogen functional groups attached to an aromatic ring is 1. The highest BCUT2D eigenvalue weighted by molar-refractivity contribution is 7.91. The van der Waals surface area contributed by atoms with E-state index in [9.17, 15) is 8.42 Å². The number of hydrogen-bond acceptors (Lipinski definition) is 7. The minimum absolute atomic E-state index is 0.0228. The van der Waals surface area contributed by atoms with E-state index in [4.69, 9.17) is 5.73 Å². The number of rotatable bonds is 7. The summed E-state index contributed by atoms with van der Waals surface area (Å²) in [5.74, 6) is 0.144. The molecule has 9 heteroatoms. The van der Waals surface area contributed by atoms with Crippen LogP contribution in [0.25, 0.3) is 0 Å². The van der Waals surface area contributed by atoms with Crippen LogP contribution in [0.4, 0.5) is 10.8 Å². The van der Waals surface area contributed by atoms with Crippen molar-refractivity contribution in [2.75, 3.05) is 16.8 Å². The van der Waals surface area contributed by atoms with Gasteiger partial charge >= 0.3 is 0 Å². The average Bonchev–Trinajstić information content (AvgIpc) is 2.99. The van der Waals surface area contributed by atoms with Gasteiger partial charge in [0.2, 0.25) is 0 Å². The fraction of sp³-hybridized carbons (Fsp3) is 0.500. The van der Waals surface area contributed by atoms with Gasteiger partial charge < -0.3 is 15.6 Å². The van der Waals surface area contributed by atoms with Crippen LogP contribution in [0.2, 0.25) is 0 Å². The lowest BCUT2D eigenvalue weighted by Gasteiger charge is -2.15. The highest BCUT2D eigenvalue weighted by atomic mass is 32.2. The topological polar surface area (TPSA) is 103 Å². The van der Waals surface area contributed by atoms with Crippen molar-refractivity contribution >= 4 is 32.2 Å². The molecule has 2 aromatic heterocycles. The molecule has 0 aliphatic carbocycles. The van der Waals surface area contributed by atoms with Crippen LogP contribution in [0.15, 0.2) is 23.6 Å². The molecule has 1 unspecified atom stereocenters. The minimum Gasteiger partial charge on any atom is -0.382 e. The first-order chi connectivity index (χ1) is 9.94. The lowest BCUT2D eigenvalue weighted by atomic mass is 10.3. The van der Waals surface area contributed by atoms with Crippen molar-refractivity contribution in [1.82, 2.24) is 13.9 Å². The smallest absolute Gasteiger partial charge is 0.185 e. The van der Waals surface area contributed by atoms with Crippen LogP contribution in [-0.4, -0.2) is 34.1 Å². The number of aromatic nitrogens is 3. The van der Waals surface area contributed by atoms with Crippen LogP contribution < -0.4 is 11.1 Å². The first kappa shape index (κ1) is 15.8. The van der Waals surface area contributed by atoms with Gasteiger partial charge in [-0.15, -0.1) is 0 Å². The number of anilines is 2. The number of nitrogens with two attached hydrogens (primary N) is 1. The summed E-state index contributed by atoms with van der Waals surface area (Å²) in [5, 5.41) is 3.69. The summed E-state index contributed by atoms with van der Waals surface area (Å²) in [4.78, 5) is 4.11. The van der Waals surface area contributed by atoms with E-state index < -0.39 is 9.84 Å². The summed E-state index contributed by atoms with van der Waals surface area (Å²) in [6, 6.07) is 0.0228. The van der Waals surface area contributed by atoms with Gasteiger partial charge in [0.05, 0.1) is 12.1 Å². The molecule has 0 saturated carbocycles. The summed E-state index contributed by atoms with van der Waals surface area (Å²) in [6.45, 7) is 4.46. The number of hydrogen-bond donors (Lipinski definition) is 2. The Morgan fingerprint density at radius 1 is 1.52 bits per heavy atom. The fourth-order valence-electron chi connectivity index (χ4n) is 2.04. The summed E-state index contributed by atoms with van der Waals surface area (Å²) in [6.07, 6.45) is 5.82. The second-order valence-electron chi connectivity index (χ2n) is 4.85. The van der Waals surface area contributed by atoms with Crippen LogP contribution in [0.3, 0.4) is 0 Å². The Balaban J connectivity index is 2.17. The average molecular weight is 329 g/mol. The Morgan fingerprint density at radius 2 is 2.29 bits per heavy atom. The molecule has 0 aliphatic rings. The molecule has 1 atom stereocenters. The molecule has 0 aliphatic heterocycles. The zero-order valence-corrected chi connectivity index (χ0v) is 13.6. The van der Waals surface area contributed by atoms with E-state index in [0.29, 0.717) is 18.0 Å². The molecule has 0 radical (unpaired) electrons. The lowest BCUT2D eigenvalue weighted by Crippen LogP contribution is -2.22. The van der Waals surface area contributed by atoms with Crippen molar-refractivity contribution in [3.05, 3.63) is 18.7 Å². The zero-order valence-electron chi connectivity index (χ0n) is 12.0. The van der Waals surface area contributed by atoms with Crippen molar-refractivity contribution in [1.29, 1.82) is 0 Å². The van der Waals surface area contributed by atoms with E-state index in [1.54, 1.807) is 12.5 Å². The molecule has 0 fully saturated rings. The molecule has 0 aromatic carbocycles. The molecule has 3 N–H and O–H groups in total. The van der Waals surface area contributed by atoms with Crippen molar-refractivity contribution < 1.29 is 8.42 Å². The van der Waals surface area contributed by atoms with E-state index in [2.05, 4.69) is 14.7 Å². The normalized spacial score (nSPS) is 13.2. The van der Waals surface area contributed by atoms with Crippen LogP contribution in [0, 0.1) is 0 Å².